The summed E-state index contributed by atoms with van der Waals surface area (Å²) in [5, 5.41) is 10.8. The summed E-state index contributed by atoms with van der Waals surface area (Å²) in [4.78, 5) is 18.5. The topological polar surface area (TPSA) is 82.8 Å². The third kappa shape index (κ3) is 4.17. The zero-order valence-electron chi connectivity index (χ0n) is 21.9. The van der Waals surface area contributed by atoms with Gasteiger partial charge in [0.2, 0.25) is 0 Å². The molecule has 1 fully saturated rings. The lowest BCUT2D eigenvalue weighted by molar-refractivity contribution is 0.0525. The molecule has 0 unspecified atom stereocenters. The minimum absolute atomic E-state index is 0.162. The molecule has 4 heterocycles. The van der Waals surface area contributed by atoms with Crippen LogP contribution in [0.1, 0.15) is 59.4 Å². The minimum Gasteiger partial charge on any atom is -0.462 e. The molecule has 1 aromatic carbocycles. The Kier molecular flexibility index (Phi) is 6.53. The predicted octanol–water partition coefficient (Wildman–Crippen LogP) is 5.87. The average molecular weight is 497 g/mol. The molecule has 37 heavy (non-hydrogen) atoms. The van der Waals surface area contributed by atoms with E-state index in [1.165, 1.54) is 0 Å². The standard InChI is InChI=1S/C30H32N4O3/c1-6-37-30(35)24-15-26-27(18(2)3)25(22-13-21-7-8-32-28(21)23(14-22)16-31)17-34(26)29(19(24)4)20(5)33-9-11-36-12-10-33/h7-8,13-15,17-18,32H,5-6,9-12H2,1-4H3. The van der Waals surface area contributed by atoms with E-state index in [0.29, 0.717) is 30.9 Å². The maximum absolute atomic E-state index is 13.1. The summed E-state index contributed by atoms with van der Waals surface area (Å²) in [5.41, 5.74) is 8.61. The van der Waals surface area contributed by atoms with Gasteiger partial charge in [-0.1, -0.05) is 20.4 Å². The number of benzene rings is 1. The van der Waals surface area contributed by atoms with Gasteiger partial charge >= 0.3 is 5.97 Å². The zero-order valence-corrected chi connectivity index (χ0v) is 21.9. The van der Waals surface area contributed by atoms with Crippen molar-refractivity contribution in [3.63, 3.8) is 0 Å². The molecule has 7 heteroatoms. The number of aromatic amines is 1. The fourth-order valence-electron chi connectivity index (χ4n) is 5.43. The Labute approximate surface area is 216 Å². The number of carbonyl (C=O) groups is 1. The molecular weight excluding hydrogens is 464 g/mol. The molecule has 0 amide bonds. The Morgan fingerprint density at radius 2 is 2.03 bits per heavy atom. The van der Waals surface area contributed by atoms with Crippen LogP contribution in [0.2, 0.25) is 0 Å². The average Bonchev–Trinajstić information content (AvgIpc) is 3.52. The number of fused-ring (bicyclic) bond motifs is 2. The summed E-state index contributed by atoms with van der Waals surface area (Å²) in [6, 6.07) is 10.3. The van der Waals surface area contributed by atoms with Gasteiger partial charge in [0.25, 0.3) is 0 Å². The molecule has 7 nitrogen and oxygen atoms in total. The molecule has 190 valence electrons. The van der Waals surface area contributed by atoms with Crippen molar-refractivity contribution in [3.8, 4) is 17.2 Å². The number of hydrogen-bond donors (Lipinski definition) is 1. The first-order valence-corrected chi connectivity index (χ1v) is 12.7. The number of aromatic nitrogens is 2. The van der Waals surface area contributed by atoms with Crippen LogP contribution in [0.3, 0.4) is 0 Å². The number of hydrogen-bond acceptors (Lipinski definition) is 5. The van der Waals surface area contributed by atoms with Crippen LogP contribution >= 0.6 is 0 Å². The quantitative estimate of drug-likeness (QED) is 0.338. The van der Waals surface area contributed by atoms with E-state index in [1.54, 1.807) is 0 Å². The van der Waals surface area contributed by atoms with Crippen LogP contribution in [0.15, 0.2) is 43.2 Å². The van der Waals surface area contributed by atoms with Crippen LogP contribution in [-0.4, -0.2) is 53.2 Å². The Morgan fingerprint density at radius 1 is 1.27 bits per heavy atom. The molecule has 4 aromatic rings. The number of esters is 1. The summed E-state index contributed by atoms with van der Waals surface area (Å²) >= 11 is 0. The molecule has 1 saturated heterocycles. The summed E-state index contributed by atoms with van der Waals surface area (Å²) in [7, 11) is 0. The van der Waals surface area contributed by atoms with Crippen molar-refractivity contribution < 1.29 is 14.3 Å². The maximum Gasteiger partial charge on any atom is 0.338 e. The van der Waals surface area contributed by atoms with Gasteiger partial charge in [0.05, 0.1) is 53.4 Å². The molecule has 5 rings (SSSR count). The lowest BCUT2D eigenvalue weighted by Crippen LogP contribution is -2.35. The smallest absolute Gasteiger partial charge is 0.338 e. The molecular formula is C30H32N4O3. The summed E-state index contributed by atoms with van der Waals surface area (Å²) in [5.74, 6) is -0.175. The molecule has 0 aliphatic carbocycles. The van der Waals surface area contributed by atoms with Crippen LogP contribution in [-0.2, 0) is 9.47 Å². The second-order valence-electron chi connectivity index (χ2n) is 9.74. The number of H-pyrrole nitrogens is 1. The van der Waals surface area contributed by atoms with Crippen LogP contribution in [0.25, 0.3) is 33.2 Å². The van der Waals surface area contributed by atoms with Crippen molar-refractivity contribution in [2.75, 3.05) is 32.9 Å². The van der Waals surface area contributed by atoms with Gasteiger partial charge in [0.15, 0.2) is 0 Å². The second kappa shape index (κ2) is 9.79. The first-order chi connectivity index (χ1) is 17.8. The van der Waals surface area contributed by atoms with Crippen molar-refractivity contribution in [2.24, 2.45) is 0 Å². The van der Waals surface area contributed by atoms with Crippen molar-refractivity contribution in [2.45, 2.75) is 33.6 Å². The number of morpholine rings is 1. The summed E-state index contributed by atoms with van der Waals surface area (Å²) in [6.45, 7) is 15.6. The molecule has 0 radical (unpaired) electrons. The van der Waals surface area contributed by atoms with E-state index in [-0.39, 0.29) is 11.9 Å². The van der Waals surface area contributed by atoms with Gasteiger partial charge in [0, 0.05) is 36.4 Å². The van der Waals surface area contributed by atoms with Crippen LogP contribution in [0.5, 0.6) is 0 Å². The largest absolute Gasteiger partial charge is 0.462 e. The lowest BCUT2D eigenvalue weighted by atomic mass is 9.93. The third-order valence-electron chi connectivity index (χ3n) is 7.19. The van der Waals surface area contributed by atoms with E-state index in [1.807, 2.05) is 38.2 Å². The third-order valence-corrected chi connectivity index (χ3v) is 7.19. The van der Waals surface area contributed by atoms with Crippen LogP contribution in [0.4, 0.5) is 0 Å². The molecule has 1 N–H and O–H groups in total. The van der Waals surface area contributed by atoms with Gasteiger partial charge in [0.1, 0.15) is 6.07 Å². The van der Waals surface area contributed by atoms with E-state index in [9.17, 15) is 10.1 Å². The van der Waals surface area contributed by atoms with Crippen LogP contribution in [0, 0.1) is 18.3 Å². The van der Waals surface area contributed by atoms with Crippen molar-refractivity contribution >= 4 is 28.1 Å². The molecule has 0 atom stereocenters. The zero-order chi connectivity index (χ0) is 26.3. The fraction of sp³-hybridized carbons (Fsp3) is 0.333. The van der Waals surface area contributed by atoms with Crippen molar-refractivity contribution in [1.29, 1.82) is 5.26 Å². The first kappa shape index (κ1) is 24.7. The van der Waals surface area contributed by atoms with E-state index >= 15 is 0 Å². The molecule has 0 spiro atoms. The van der Waals surface area contributed by atoms with Crippen molar-refractivity contribution in [1.82, 2.24) is 14.3 Å². The monoisotopic (exact) mass is 496 g/mol. The van der Waals surface area contributed by atoms with E-state index in [4.69, 9.17) is 9.47 Å². The summed E-state index contributed by atoms with van der Waals surface area (Å²) in [6.07, 6.45) is 3.98. The normalized spacial score (nSPS) is 13.9. The Morgan fingerprint density at radius 3 is 2.70 bits per heavy atom. The second-order valence-corrected chi connectivity index (χ2v) is 9.74. The number of nitriles is 1. The summed E-state index contributed by atoms with van der Waals surface area (Å²) < 4.78 is 13.2. The number of nitrogens with one attached hydrogen (secondary N) is 1. The molecule has 0 bridgehead atoms. The SMILES string of the molecule is C=C(c1c(C)c(C(=O)OCC)cc2c(C(C)C)c(-c3cc(C#N)c4[nH]ccc4c3)cn12)N1CCOCC1. The number of nitrogens with zero attached hydrogens (tertiary/aromatic N) is 3. The highest BCUT2D eigenvalue weighted by Crippen LogP contribution is 2.39. The highest BCUT2D eigenvalue weighted by atomic mass is 16.5. The van der Waals surface area contributed by atoms with Crippen molar-refractivity contribution in [3.05, 3.63) is 71.2 Å². The Balaban J connectivity index is 1.82. The Bertz CT molecular complexity index is 1560. The lowest BCUT2D eigenvalue weighted by Gasteiger charge is -2.32. The number of rotatable bonds is 6. The Hall–Kier alpha value is -4.02. The predicted molar refractivity (Wildman–Crippen MR) is 146 cm³/mol. The molecule has 0 saturated carbocycles. The van der Waals surface area contributed by atoms with Gasteiger partial charge in [-0.2, -0.15) is 5.26 Å². The highest BCUT2D eigenvalue weighted by Gasteiger charge is 2.26. The fourth-order valence-corrected chi connectivity index (χ4v) is 5.43. The number of carbonyl (C=O) groups excluding carboxylic acids is 1. The van der Waals surface area contributed by atoms with Gasteiger partial charge < -0.3 is 23.8 Å². The van der Waals surface area contributed by atoms with Crippen LogP contribution < -0.4 is 0 Å². The van der Waals surface area contributed by atoms with Gasteiger partial charge in [-0.25, -0.2) is 4.79 Å². The molecule has 1 aliphatic rings. The highest BCUT2D eigenvalue weighted by molar-refractivity contribution is 5.96. The van der Waals surface area contributed by atoms with E-state index in [0.717, 1.165) is 63.2 Å². The minimum atomic E-state index is -0.337. The van der Waals surface area contributed by atoms with E-state index in [2.05, 4.69) is 53.0 Å². The number of pyridine rings is 1. The number of ether oxygens (including phenoxy) is 2. The van der Waals surface area contributed by atoms with Gasteiger partial charge in [-0.15, -0.1) is 0 Å². The molecule has 1 aliphatic heterocycles. The first-order valence-electron chi connectivity index (χ1n) is 12.7. The van der Waals surface area contributed by atoms with Gasteiger partial charge in [-0.3, -0.25) is 0 Å². The van der Waals surface area contributed by atoms with Gasteiger partial charge in [-0.05, 0) is 60.7 Å². The maximum atomic E-state index is 13.1. The van der Waals surface area contributed by atoms with E-state index < -0.39 is 0 Å². The molecule has 3 aromatic heterocycles.